The average molecular weight is 697 g/mol. The highest BCUT2D eigenvalue weighted by molar-refractivity contribution is 6.29. The van der Waals surface area contributed by atoms with Gasteiger partial charge in [-0.05, 0) is 107 Å². The third-order valence-electron chi connectivity index (χ3n) is 11.8. The van der Waals surface area contributed by atoms with Crippen molar-refractivity contribution >= 4 is 54.1 Å². The number of rotatable bonds is 4. The fraction of sp³-hybridized carbons (Fsp3) is 0. The Hall–Kier alpha value is -7.29. The number of hydrogen-bond donors (Lipinski definition) is 0. The molecule has 12 rings (SSSR count). The van der Waals surface area contributed by atoms with Crippen molar-refractivity contribution in [2.45, 2.75) is 0 Å². The summed E-state index contributed by atoms with van der Waals surface area (Å²) in [6.45, 7) is 0. The summed E-state index contributed by atoms with van der Waals surface area (Å²) in [7, 11) is 0. The van der Waals surface area contributed by atoms with Crippen LogP contribution in [0.25, 0.3) is 116 Å². The first-order valence-electron chi connectivity index (χ1n) is 19.0. The minimum Gasteiger partial charge on any atom is -0.293 e. The van der Waals surface area contributed by atoms with Gasteiger partial charge in [-0.25, -0.2) is 4.98 Å². The monoisotopic (exact) mass is 696 g/mol. The minimum absolute atomic E-state index is 0.926. The summed E-state index contributed by atoms with van der Waals surface area (Å²) in [6.07, 6.45) is 1.88. The molecule has 2 nitrogen and oxygen atoms in total. The van der Waals surface area contributed by atoms with Crippen LogP contribution in [0.4, 0.5) is 0 Å². The highest BCUT2D eigenvalue weighted by atomic mass is 15.1. The molecule has 0 saturated carbocycles. The van der Waals surface area contributed by atoms with Crippen molar-refractivity contribution in [1.82, 2.24) is 9.55 Å². The summed E-state index contributed by atoms with van der Waals surface area (Å²) in [5.74, 6) is 0.926. The molecular weight excluding hydrogens is 665 g/mol. The maximum atomic E-state index is 4.80. The molecule has 0 N–H and O–H groups in total. The highest BCUT2D eigenvalue weighted by Gasteiger charge is 2.31. The molecule has 0 unspecified atom stereocenters. The first kappa shape index (κ1) is 30.2. The Morgan fingerprint density at radius 1 is 0.345 bits per heavy atom. The Kier molecular flexibility index (Phi) is 6.37. The summed E-state index contributed by atoms with van der Waals surface area (Å²) in [6, 6.07) is 68.9. The SMILES string of the molecule is c1ccc(-c2c3c(c(-c4ccccc4)c4ccccc24)-c2ccc(-c4ccc5c(ccc6c7ccccc7n(-c7ccccn7)c56)c4)c4cccc-3c24)cc1. The third kappa shape index (κ3) is 4.28. The van der Waals surface area contributed by atoms with Crippen molar-refractivity contribution in [2.75, 3.05) is 0 Å². The zero-order valence-corrected chi connectivity index (χ0v) is 29.9. The van der Waals surface area contributed by atoms with E-state index in [1.807, 2.05) is 12.3 Å². The van der Waals surface area contributed by atoms with Crippen LogP contribution in [0.15, 0.2) is 194 Å². The zero-order chi connectivity index (χ0) is 36.0. The quantitative estimate of drug-likeness (QED) is 0.179. The molecule has 0 saturated heterocycles. The Bertz CT molecular complexity index is 3250. The molecule has 0 radical (unpaired) electrons. The summed E-state index contributed by atoms with van der Waals surface area (Å²) in [5.41, 5.74) is 15.1. The largest absolute Gasteiger partial charge is 0.293 e. The lowest BCUT2D eigenvalue weighted by Gasteiger charge is -2.20. The van der Waals surface area contributed by atoms with Gasteiger partial charge in [-0.15, -0.1) is 0 Å². The van der Waals surface area contributed by atoms with Crippen LogP contribution in [0.1, 0.15) is 0 Å². The van der Waals surface area contributed by atoms with Gasteiger partial charge in [0.25, 0.3) is 0 Å². The molecule has 0 aliphatic heterocycles. The van der Waals surface area contributed by atoms with Gasteiger partial charge in [0.05, 0.1) is 11.0 Å². The van der Waals surface area contributed by atoms with E-state index in [-0.39, 0.29) is 0 Å². The fourth-order valence-corrected chi connectivity index (χ4v) is 9.54. The van der Waals surface area contributed by atoms with Crippen LogP contribution in [0.3, 0.4) is 0 Å². The van der Waals surface area contributed by atoms with E-state index in [1.165, 1.54) is 104 Å². The first-order valence-corrected chi connectivity index (χ1v) is 19.0. The number of hydrogen-bond acceptors (Lipinski definition) is 1. The van der Waals surface area contributed by atoms with Gasteiger partial charge in [0.1, 0.15) is 5.82 Å². The van der Waals surface area contributed by atoms with Crippen LogP contribution in [-0.2, 0) is 0 Å². The van der Waals surface area contributed by atoms with Crippen molar-refractivity contribution < 1.29 is 0 Å². The standard InChI is InChI=1S/C53H32N2/c1-3-14-33(15-4-1)48-41-19-7-8-20-42(41)49(34-16-5-2-6-17-34)52-45-30-29-37(40-21-13-22-44(50(40)45)51(48)52)35-25-27-38-36(32-35)26-28-43-39-18-9-10-23-46(39)55(53(38)43)47-24-11-12-31-54-47/h1-32H. The molecular formula is C53H32N2. The van der Waals surface area contributed by atoms with Gasteiger partial charge in [0.15, 0.2) is 0 Å². The van der Waals surface area contributed by atoms with Gasteiger partial charge >= 0.3 is 0 Å². The maximum Gasteiger partial charge on any atom is 0.137 e. The lowest BCUT2D eigenvalue weighted by atomic mass is 9.82. The third-order valence-corrected chi connectivity index (χ3v) is 11.8. The summed E-state index contributed by atoms with van der Waals surface area (Å²) >= 11 is 0. The molecule has 0 bridgehead atoms. The van der Waals surface area contributed by atoms with Gasteiger partial charge < -0.3 is 0 Å². The molecule has 9 aromatic carbocycles. The van der Waals surface area contributed by atoms with Gasteiger partial charge in [-0.3, -0.25) is 4.57 Å². The smallest absolute Gasteiger partial charge is 0.137 e. The van der Waals surface area contributed by atoms with Crippen molar-refractivity contribution in [3.8, 4) is 61.5 Å². The number of para-hydroxylation sites is 1. The Morgan fingerprint density at radius 3 is 1.65 bits per heavy atom. The lowest BCUT2D eigenvalue weighted by Crippen LogP contribution is -1.96. The number of pyridine rings is 1. The van der Waals surface area contributed by atoms with Crippen LogP contribution in [-0.4, -0.2) is 9.55 Å². The van der Waals surface area contributed by atoms with E-state index in [0.717, 1.165) is 11.3 Å². The average Bonchev–Trinajstić information content (AvgIpc) is 3.78. The van der Waals surface area contributed by atoms with Crippen LogP contribution < -0.4 is 0 Å². The van der Waals surface area contributed by atoms with E-state index < -0.39 is 0 Å². The second-order valence-corrected chi connectivity index (χ2v) is 14.6. The van der Waals surface area contributed by atoms with Crippen molar-refractivity contribution in [1.29, 1.82) is 0 Å². The summed E-state index contributed by atoms with van der Waals surface area (Å²) in [4.78, 5) is 4.80. The lowest BCUT2D eigenvalue weighted by molar-refractivity contribution is 1.08. The molecule has 2 aromatic heterocycles. The van der Waals surface area contributed by atoms with Crippen molar-refractivity contribution in [3.05, 3.63) is 194 Å². The summed E-state index contributed by atoms with van der Waals surface area (Å²) in [5, 5.41) is 10.1. The molecule has 0 fully saturated rings. The van der Waals surface area contributed by atoms with E-state index in [1.54, 1.807) is 0 Å². The maximum absolute atomic E-state index is 4.80. The van der Waals surface area contributed by atoms with Crippen LogP contribution >= 0.6 is 0 Å². The molecule has 1 aliphatic rings. The highest BCUT2D eigenvalue weighted by Crippen LogP contribution is 2.58. The molecule has 0 atom stereocenters. The van der Waals surface area contributed by atoms with Crippen LogP contribution in [0.2, 0.25) is 0 Å². The predicted molar refractivity (Wildman–Crippen MR) is 232 cm³/mol. The number of fused-ring (bicyclic) bond motifs is 9. The first-order chi connectivity index (χ1) is 27.3. The number of benzene rings is 9. The van der Waals surface area contributed by atoms with Gasteiger partial charge in [0, 0.05) is 22.4 Å². The Labute approximate surface area is 318 Å². The van der Waals surface area contributed by atoms with Gasteiger partial charge in [0.2, 0.25) is 0 Å². The molecule has 0 amide bonds. The molecule has 1 aliphatic carbocycles. The van der Waals surface area contributed by atoms with Gasteiger partial charge in [-0.2, -0.15) is 0 Å². The zero-order valence-electron chi connectivity index (χ0n) is 29.9. The van der Waals surface area contributed by atoms with E-state index in [4.69, 9.17) is 4.98 Å². The van der Waals surface area contributed by atoms with E-state index in [2.05, 4.69) is 187 Å². The summed E-state index contributed by atoms with van der Waals surface area (Å²) < 4.78 is 2.32. The van der Waals surface area contributed by atoms with Crippen LogP contribution in [0.5, 0.6) is 0 Å². The Morgan fingerprint density at radius 2 is 0.945 bits per heavy atom. The Balaban J connectivity index is 1.13. The number of aromatic nitrogens is 2. The van der Waals surface area contributed by atoms with Crippen LogP contribution in [0, 0.1) is 0 Å². The molecule has 2 heterocycles. The number of nitrogens with zero attached hydrogens (tertiary/aromatic N) is 2. The molecule has 11 aromatic rings. The molecule has 254 valence electrons. The minimum atomic E-state index is 0.926. The predicted octanol–water partition coefficient (Wildman–Crippen LogP) is 14.3. The molecule has 2 heteroatoms. The second kappa shape index (κ2) is 11.6. The van der Waals surface area contributed by atoms with Crippen molar-refractivity contribution in [2.24, 2.45) is 0 Å². The van der Waals surface area contributed by atoms with Gasteiger partial charge in [-0.1, -0.05) is 164 Å². The second-order valence-electron chi connectivity index (χ2n) is 14.6. The van der Waals surface area contributed by atoms with E-state index >= 15 is 0 Å². The molecule has 55 heavy (non-hydrogen) atoms. The van der Waals surface area contributed by atoms with E-state index in [9.17, 15) is 0 Å². The van der Waals surface area contributed by atoms with E-state index in [0.29, 0.717) is 0 Å². The topological polar surface area (TPSA) is 17.8 Å². The normalized spacial score (nSPS) is 12.0. The fourth-order valence-electron chi connectivity index (χ4n) is 9.54. The van der Waals surface area contributed by atoms with Crippen molar-refractivity contribution in [3.63, 3.8) is 0 Å². The molecule has 0 spiro atoms.